The van der Waals surface area contributed by atoms with E-state index >= 15 is 0 Å². The molecule has 2 heteroatoms. The third-order valence-electron chi connectivity index (χ3n) is 4.67. The first kappa shape index (κ1) is 15.4. The Morgan fingerprint density at radius 1 is 1.30 bits per heavy atom. The fourth-order valence-corrected chi connectivity index (χ4v) is 3.20. The van der Waals surface area contributed by atoms with Gasteiger partial charge >= 0.3 is 0 Å². The van der Waals surface area contributed by atoms with Crippen molar-refractivity contribution in [3.05, 3.63) is 29.8 Å². The number of benzene rings is 1. The Morgan fingerprint density at radius 2 is 2.05 bits per heavy atom. The van der Waals surface area contributed by atoms with Crippen molar-refractivity contribution < 1.29 is 0 Å². The van der Waals surface area contributed by atoms with Crippen LogP contribution in [-0.2, 0) is 6.54 Å². The van der Waals surface area contributed by atoms with Crippen LogP contribution in [0.4, 0.5) is 5.69 Å². The van der Waals surface area contributed by atoms with Crippen LogP contribution in [0.3, 0.4) is 0 Å². The molecule has 2 unspecified atom stereocenters. The van der Waals surface area contributed by atoms with Gasteiger partial charge in [0, 0.05) is 30.9 Å². The van der Waals surface area contributed by atoms with E-state index in [4.69, 9.17) is 0 Å². The maximum Gasteiger partial charge on any atom is 0.0412 e. The van der Waals surface area contributed by atoms with Crippen LogP contribution in [0.15, 0.2) is 24.3 Å². The number of hydrogen-bond acceptors (Lipinski definition) is 2. The quantitative estimate of drug-likeness (QED) is 0.865. The van der Waals surface area contributed by atoms with E-state index in [2.05, 4.69) is 62.2 Å². The average molecular weight is 274 g/mol. The summed E-state index contributed by atoms with van der Waals surface area (Å²) in [5, 5.41) is 3.76. The third-order valence-corrected chi connectivity index (χ3v) is 4.67. The molecule has 0 aromatic heterocycles. The van der Waals surface area contributed by atoms with Crippen molar-refractivity contribution in [3.63, 3.8) is 0 Å². The molecule has 0 saturated heterocycles. The van der Waals surface area contributed by atoms with Gasteiger partial charge in [0.25, 0.3) is 0 Å². The van der Waals surface area contributed by atoms with E-state index in [9.17, 15) is 0 Å². The second kappa shape index (κ2) is 6.62. The van der Waals surface area contributed by atoms with Gasteiger partial charge in [-0.2, -0.15) is 0 Å². The van der Waals surface area contributed by atoms with Gasteiger partial charge in [-0.25, -0.2) is 0 Å². The van der Waals surface area contributed by atoms with E-state index in [1.807, 2.05) is 0 Å². The number of anilines is 1. The second-order valence-electron chi connectivity index (χ2n) is 6.67. The Hall–Kier alpha value is -1.02. The number of nitrogens with one attached hydrogen (secondary N) is 1. The van der Waals surface area contributed by atoms with E-state index in [1.54, 1.807) is 0 Å². The molecule has 0 saturated carbocycles. The van der Waals surface area contributed by atoms with Crippen LogP contribution in [-0.4, -0.2) is 18.6 Å². The summed E-state index contributed by atoms with van der Waals surface area (Å²) in [5.41, 5.74) is 3.08. The molecule has 2 rings (SSSR count). The summed E-state index contributed by atoms with van der Waals surface area (Å²) in [5.74, 6) is 0.757. The molecule has 0 aliphatic carbocycles. The first-order chi connectivity index (χ1) is 9.58. The molecule has 0 amide bonds. The molecule has 1 N–H and O–H groups in total. The largest absolute Gasteiger partial charge is 0.369 e. The first-order valence-corrected chi connectivity index (χ1v) is 8.16. The van der Waals surface area contributed by atoms with Crippen molar-refractivity contribution in [1.29, 1.82) is 0 Å². The number of fused-ring (bicyclic) bond motifs is 1. The van der Waals surface area contributed by atoms with Crippen LogP contribution in [0, 0.1) is 5.92 Å². The molecule has 1 aromatic rings. The van der Waals surface area contributed by atoms with Crippen molar-refractivity contribution in [1.82, 2.24) is 5.32 Å². The van der Waals surface area contributed by atoms with Crippen molar-refractivity contribution in [3.8, 4) is 0 Å². The molecule has 1 aromatic carbocycles. The van der Waals surface area contributed by atoms with Crippen molar-refractivity contribution in [2.75, 3.05) is 18.0 Å². The summed E-state index contributed by atoms with van der Waals surface area (Å²) in [7, 11) is 0. The lowest BCUT2D eigenvalue weighted by Crippen LogP contribution is -2.49. The second-order valence-corrected chi connectivity index (χ2v) is 6.67. The van der Waals surface area contributed by atoms with Gasteiger partial charge in [-0.15, -0.1) is 0 Å². The van der Waals surface area contributed by atoms with Gasteiger partial charge in [0.2, 0.25) is 0 Å². The van der Waals surface area contributed by atoms with Crippen LogP contribution in [0.1, 0.15) is 52.5 Å². The molecular formula is C18H30N2. The van der Waals surface area contributed by atoms with Gasteiger partial charge in [0.1, 0.15) is 0 Å². The number of nitrogens with zero attached hydrogens (tertiary/aromatic N) is 1. The third kappa shape index (κ3) is 3.54. The molecule has 20 heavy (non-hydrogen) atoms. The summed E-state index contributed by atoms with van der Waals surface area (Å²) < 4.78 is 0. The monoisotopic (exact) mass is 274 g/mol. The predicted octanol–water partition coefficient (Wildman–Crippen LogP) is 4.20. The van der Waals surface area contributed by atoms with Gasteiger partial charge in [-0.3, -0.25) is 0 Å². The van der Waals surface area contributed by atoms with E-state index in [0.717, 1.165) is 19.0 Å². The zero-order valence-corrected chi connectivity index (χ0v) is 13.6. The van der Waals surface area contributed by atoms with Crippen LogP contribution in [0.2, 0.25) is 0 Å². The molecule has 0 radical (unpaired) electrons. The topological polar surface area (TPSA) is 15.3 Å². The number of para-hydroxylation sites is 1. The summed E-state index contributed by atoms with van der Waals surface area (Å²) in [6.45, 7) is 12.6. The highest BCUT2D eigenvalue weighted by molar-refractivity contribution is 5.55. The van der Waals surface area contributed by atoms with Crippen LogP contribution in [0.5, 0.6) is 0 Å². The van der Waals surface area contributed by atoms with Gasteiger partial charge in [-0.05, 0) is 37.3 Å². The average Bonchev–Trinajstić information content (AvgIpc) is 2.58. The molecule has 1 aliphatic rings. The molecule has 1 aliphatic heterocycles. The van der Waals surface area contributed by atoms with E-state index in [-0.39, 0.29) is 5.54 Å². The standard InChI is InChI=1S/C18H30N2/c1-5-9-15(3)13-20-14-18(4,6-2)19-12-16-10-7-8-11-17(16)20/h7-8,10-11,15,19H,5-6,9,12-14H2,1-4H3. The molecule has 2 atom stereocenters. The first-order valence-electron chi connectivity index (χ1n) is 8.16. The van der Waals surface area contributed by atoms with Gasteiger partial charge in [-0.1, -0.05) is 45.4 Å². The maximum atomic E-state index is 3.76. The fraction of sp³-hybridized carbons (Fsp3) is 0.667. The highest BCUT2D eigenvalue weighted by atomic mass is 15.2. The minimum atomic E-state index is 0.213. The van der Waals surface area contributed by atoms with Gasteiger partial charge in [0.15, 0.2) is 0 Å². The summed E-state index contributed by atoms with van der Waals surface area (Å²) in [6, 6.07) is 8.88. The zero-order chi connectivity index (χ0) is 14.6. The molecule has 2 nitrogen and oxygen atoms in total. The van der Waals surface area contributed by atoms with Crippen molar-refractivity contribution >= 4 is 5.69 Å². The Morgan fingerprint density at radius 3 is 2.75 bits per heavy atom. The Labute approximate surface area is 124 Å². The summed E-state index contributed by atoms with van der Waals surface area (Å²) >= 11 is 0. The lowest BCUT2D eigenvalue weighted by Gasteiger charge is -2.35. The Kier molecular flexibility index (Phi) is 5.09. The smallest absolute Gasteiger partial charge is 0.0412 e. The van der Waals surface area contributed by atoms with Crippen LogP contribution >= 0.6 is 0 Å². The van der Waals surface area contributed by atoms with E-state index < -0.39 is 0 Å². The van der Waals surface area contributed by atoms with Gasteiger partial charge in [0.05, 0.1) is 0 Å². The zero-order valence-electron chi connectivity index (χ0n) is 13.6. The lowest BCUT2D eigenvalue weighted by atomic mass is 9.97. The molecule has 1 heterocycles. The van der Waals surface area contributed by atoms with E-state index in [0.29, 0.717) is 0 Å². The van der Waals surface area contributed by atoms with Crippen molar-refractivity contribution in [2.45, 2.75) is 59.0 Å². The highest BCUT2D eigenvalue weighted by Gasteiger charge is 2.29. The summed E-state index contributed by atoms with van der Waals surface area (Å²) in [6.07, 6.45) is 3.76. The van der Waals surface area contributed by atoms with Gasteiger partial charge < -0.3 is 10.2 Å². The normalized spacial score (nSPS) is 24.1. The predicted molar refractivity (Wildman–Crippen MR) is 88.3 cm³/mol. The highest BCUT2D eigenvalue weighted by Crippen LogP contribution is 2.28. The molecule has 0 fully saturated rings. The molecule has 112 valence electrons. The lowest BCUT2D eigenvalue weighted by molar-refractivity contribution is 0.343. The molecule has 0 bridgehead atoms. The van der Waals surface area contributed by atoms with Crippen LogP contribution < -0.4 is 10.2 Å². The Bertz CT molecular complexity index is 429. The molecular weight excluding hydrogens is 244 g/mol. The SMILES string of the molecule is CCCC(C)CN1CC(C)(CC)NCc2ccccc21. The number of hydrogen-bond donors (Lipinski definition) is 1. The maximum absolute atomic E-state index is 3.76. The Balaban J connectivity index is 2.24. The fourth-order valence-electron chi connectivity index (χ4n) is 3.20. The molecule has 0 spiro atoms. The minimum absolute atomic E-state index is 0.213. The number of rotatable bonds is 5. The van der Waals surface area contributed by atoms with Crippen molar-refractivity contribution in [2.24, 2.45) is 5.92 Å². The van der Waals surface area contributed by atoms with Crippen LogP contribution in [0.25, 0.3) is 0 Å². The summed E-state index contributed by atoms with van der Waals surface area (Å²) in [4.78, 5) is 2.61. The van der Waals surface area contributed by atoms with E-state index in [1.165, 1.54) is 37.1 Å². The minimum Gasteiger partial charge on any atom is -0.369 e.